The van der Waals surface area contributed by atoms with Crippen molar-refractivity contribution in [3.05, 3.63) is 184 Å². The molecule has 8 aromatic rings. The highest BCUT2D eigenvalue weighted by atomic mass is 19.4. The number of carbonyl (C=O) groups excluding carboxylic acids is 14. The van der Waals surface area contributed by atoms with Gasteiger partial charge in [-0.2, -0.15) is 26.3 Å². The zero-order valence-corrected chi connectivity index (χ0v) is 52.4. The van der Waals surface area contributed by atoms with E-state index in [1.54, 1.807) is 66.0 Å². The predicted molar refractivity (Wildman–Crippen MR) is 336 cm³/mol. The van der Waals surface area contributed by atoms with Gasteiger partial charge in [0, 0.05) is 125 Å². The van der Waals surface area contributed by atoms with E-state index in [0.717, 1.165) is 19.6 Å². The van der Waals surface area contributed by atoms with E-state index in [4.69, 9.17) is 0 Å². The van der Waals surface area contributed by atoms with Gasteiger partial charge in [-0.1, -0.05) is 0 Å². The number of benzene rings is 8. The molecule has 6 heterocycles. The minimum absolute atomic E-state index is 0.0153. The van der Waals surface area contributed by atoms with Crippen molar-refractivity contribution in [3.8, 4) is 0 Å². The van der Waals surface area contributed by atoms with Gasteiger partial charge in [0.2, 0.25) is 0 Å². The molecule has 0 spiro atoms. The summed E-state index contributed by atoms with van der Waals surface area (Å²) < 4.78 is 77.3. The molecule has 0 fully saturated rings. The molecule has 0 saturated heterocycles. The first-order valence-electron chi connectivity index (χ1n) is 30.1. The normalized spacial score (nSPS) is 15.8. The van der Waals surface area contributed by atoms with Crippen LogP contribution in [0.2, 0.25) is 0 Å². The van der Waals surface area contributed by atoms with Gasteiger partial charge in [-0.15, -0.1) is 0 Å². The number of hydrogen-bond acceptors (Lipinski definition) is 14. The number of amides is 14. The Labute approximate surface area is 547 Å². The number of anilines is 4. The van der Waals surface area contributed by atoms with Gasteiger partial charge < -0.3 is 10.6 Å². The first-order chi connectivity index (χ1) is 46.1. The fourth-order valence-electron chi connectivity index (χ4n) is 14.6. The number of halogens is 6. The van der Waals surface area contributed by atoms with Gasteiger partial charge in [0.05, 0.1) is 22.7 Å². The summed E-state index contributed by atoms with van der Waals surface area (Å²) in [7, 11) is 0. The van der Waals surface area contributed by atoms with Crippen molar-refractivity contribution in [1.82, 2.24) is 20.4 Å². The molecule has 22 nitrogen and oxygen atoms in total. The van der Waals surface area contributed by atoms with Crippen molar-refractivity contribution < 1.29 is 93.5 Å². The van der Waals surface area contributed by atoms with Crippen LogP contribution in [0.3, 0.4) is 0 Å². The Morgan fingerprint density at radius 3 is 0.561 bits per heavy atom. The largest absolute Gasteiger partial charge is 0.471 e. The smallest absolute Gasteiger partial charge is 0.346 e. The molecule has 28 heteroatoms. The van der Waals surface area contributed by atoms with Crippen LogP contribution in [0, 0.1) is 55.4 Å². The molecule has 0 bridgehead atoms. The molecule has 8 aromatic carbocycles. The molecule has 0 radical (unpaired) electrons. The minimum Gasteiger partial charge on any atom is -0.346 e. The maximum Gasteiger partial charge on any atom is 0.471 e. The lowest BCUT2D eigenvalue weighted by molar-refractivity contribution is -0.173. The molecule has 14 rings (SSSR count). The first kappa shape index (κ1) is 63.3. The molecule has 6 aliphatic heterocycles. The standard InChI is InChI=1S/C70H46F6N8O14/c1-25-29(5)53(30(6)26(2)51(25)81-59(89)37-13-9-33-45-34(10-14-38(47(37)45)60(81)90)56(86)79(55(33)85)23-21-77-67(97)69(71,72)73)83-63(93)41-17-19-43-50-44(20-18-42(49(41)50)64(83)94)66(96)84(65(43)95)54-31(7)27(3)52(28(4)32(54)8)82-61(91)39-15-11-35-46-36(12-16-40(48(39)46)62(82)92)58(88)80(57(35)87)24-22-78-68(98)70(74,75)76/h9-20H,21-24H2,1-8H3,(H,77,97)(H,78,98). The summed E-state index contributed by atoms with van der Waals surface area (Å²) >= 11 is 0. The number of rotatable bonds is 10. The van der Waals surface area contributed by atoms with Gasteiger partial charge in [0.25, 0.3) is 70.9 Å². The van der Waals surface area contributed by atoms with Gasteiger partial charge in [-0.05, 0) is 173 Å². The van der Waals surface area contributed by atoms with Crippen molar-refractivity contribution in [2.45, 2.75) is 67.7 Å². The number of nitrogens with zero attached hydrogens (tertiary/aromatic N) is 6. The van der Waals surface area contributed by atoms with E-state index >= 15 is 19.2 Å². The van der Waals surface area contributed by atoms with Gasteiger partial charge in [0.15, 0.2) is 0 Å². The highest BCUT2D eigenvalue weighted by Gasteiger charge is 2.48. The van der Waals surface area contributed by atoms with Gasteiger partial charge in [-0.25, -0.2) is 19.6 Å². The van der Waals surface area contributed by atoms with Gasteiger partial charge in [-0.3, -0.25) is 76.9 Å². The molecule has 0 aromatic heterocycles. The maximum absolute atomic E-state index is 15.1. The number of imide groups is 6. The highest BCUT2D eigenvalue weighted by molar-refractivity contribution is 6.45. The van der Waals surface area contributed by atoms with E-state index in [1.807, 2.05) is 0 Å². The Morgan fingerprint density at radius 1 is 0.276 bits per heavy atom. The molecule has 98 heavy (non-hydrogen) atoms. The average Bonchev–Trinajstić information content (AvgIpc) is 0.708. The third-order valence-corrected chi connectivity index (χ3v) is 19.6. The summed E-state index contributed by atoms with van der Waals surface area (Å²) in [6.45, 7) is 9.93. The van der Waals surface area contributed by atoms with Gasteiger partial charge >= 0.3 is 24.2 Å². The number of alkyl halides is 6. The average molecular weight is 1340 g/mol. The molecule has 0 aliphatic carbocycles. The van der Waals surface area contributed by atoms with Crippen LogP contribution >= 0.6 is 0 Å². The molecular weight excluding hydrogens is 1290 g/mol. The molecule has 6 aliphatic rings. The fraction of sp³-hybridized carbons (Fsp3) is 0.200. The zero-order chi connectivity index (χ0) is 70.6. The van der Waals surface area contributed by atoms with E-state index in [9.17, 15) is 74.3 Å². The SMILES string of the molecule is Cc1c(C)c(N2C(=O)c3ccc4c5c(ccc(c35)C2=O)C(=O)N(c2c(C)c(C)c(N3C(=O)c5ccc6c7c(ccc(c57)C3=O)C(=O)N(CCNC(=O)C(F)(F)F)C6=O)c(C)c2C)C4=O)c(C)c(C)c1N1C(=O)c2ccc3c4c(ccc(c24)C1=O)C(=O)N(CCNC(=O)C(F)(F)F)C3=O. The monoisotopic (exact) mass is 1340 g/mol. The minimum atomic E-state index is -5.22. The van der Waals surface area contributed by atoms with E-state index in [0.29, 0.717) is 9.80 Å². The first-order valence-corrected chi connectivity index (χ1v) is 30.1. The van der Waals surface area contributed by atoms with E-state index in [2.05, 4.69) is 0 Å². The van der Waals surface area contributed by atoms with Crippen LogP contribution < -0.4 is 30.2 Å². The van der Waals surface area contributed by atoms with Crippen molar-refractivity contribution in [2.24, 2.45) is 0 Å². The van der Waals surface area contributed by atoms with Crippen LogP contribution in [0.4, 0.5) is 49.1 Å². The second-order valence-electron chi connectivity index (χ2n) is 24.4. The van der Waals surface area contributed by atoms with Crippen LogP contribution in [0.5, 0.6) is 0 Å². The Balaban J connectivity index is 0.755. The highest BCUT2D eigenvalue weighted by Crippen LogP contribution is 2.50. The number of hydrogen-bond donors (Lipinski definition) is 2. The Bertz CT molecular complexity index is 4820. The molecule has 14 amide bonds. The molecule has 492 valence electrons. The van der Waals surface area contributed by atoms with Crippen molar-refractivity contribution in [3.63, 3.8) is 0 Å². The molecular formula is C70H46F6N8O14. The number of nitrogens with one attached hydrogen (secondary N) is 2. The third-order valence-electron chi connectivity index (χ3n) is 19.6. The Hall–Kier alpha value is -12.1. The third kappa shape index (κ3) is 8.41. The zero-order valence-electron chi connectivity index (χ0n) is 52.4. The fourth-order valence-corrected chi connectivity index (χ4v) is 14.6. The topological polar surface area (TPSA) is 282 Å². The van der Waals surface area contributed by atoms with E-state index in [1.165, 1.54) is 72.8 Å². The summed E-state index contributed by atoms with van der Waals surface area (Å²) in [5, 5.41) is 3.18. The van der Waals surface area contributed by atoms with Crippen LogP contribution in [0.15, 0.2) is 72.8 Å². The summed E-state index contributed by atoms with van der Waals surface area (Å²) in [6, 6.07) is 15.6. The second-order valence-corrected chi connectivity index (χ2v) is 24.4. The Morgan fingerprint density at radius 2 is 0.418 bits per heavy atom. The van der Waals surface area contributed by atoms with Crippen LogP contribution in [-0.4, -0.2) is 131 Å². The quantitative estimate of drug-likeness (QED) is 0.0953. The summed E-state index contributed by atoms with van der Waals surface area (Å²) in [5.74, 6) is -15.2. The van der Waals surface area contributed by atoms with Crippen molar-refractivity contribution in [1.29, 1.82) is 0 Å². The molecule has 2 N–H and O–H groups in total. The summed E-state index contributed by atoms with van der Waals surface area (Å²) in [4.78, 5) is 203. The van der Waals surface area contributed by atoms with Crippen LogP contribution in [0.25, 0.3) is 32.3 Å². The molecule has 0 unspecified atom stereocenters. The van der Waals surface area contributed by atoms with Crippen LogP contribution in [0.1, 0.15) is 169 Å². The summed E-state index contributed by atoms with van der Waals surface area (Å²) in [5.41, 5.74) is 1.56. The lowest BCUT2D eigenvalue weighted by atomic mass is 9.83. The molecule has 0 atom stereocenters. The summed E-state index contributed by atoms with van der Waals surface area (Å²) in [6.07, 6.45) is -10.4. The maximum atomic E-state index is 15.1. The van der Waals surface area contributed by atoms with E-state index in [-0.39, 0.29) is 166 Å². The molecule has 0 saturated carbocycles. The van der Waals surface area contributed by atoms with Crippen LogP contribution in [-0.2, 0) is 9.59 Å². The van der Waals surface area contributed by atoms with E-state index < -0.39 is 121 Å². The van der Waals surface area contributed by atoms with Crippen molar-refractivity contribution >= 4 is 138 Å². The number of carbonyl (C=O) groups is 14. The predicted octanol–water partition coefficient (Wildman–Crippen LogP) is 9.36. The second kappa shape index (κ2) is 21.2. The Kier molecular flexibility index (Phi) is 13.7. The lowest BCUT2D eigenvalue weighted by Gasteiger charge is -2.37. The van der Waals surface area contributed by atoms with Crippen molar-refractivity contribution in [2.75, 3.05) is 45.8 Å². The lowest BCUT2D eigenvalue weighted by Crippen LogP contribution is -2.47. The van der Waals surface area contributed by atoms with Gasteiger partial charge in [0.1, 0.15) is 0 Å².